The van der Waals surface area contributed by atoms with Crippen molar-refractivity contribution in [3.8, 4) is 0 Å². The molecule has 16 heavy (non-hydrogen) atoms. The van der Waals surface area contributed by atoms with E-state index in [1.165, 1.54) is 32.2 Å². The molecule has 0 spiro atoms. The number of nitrogens with zero attached hydrogens (tertiary/aromatic N) is 1. The second-order valence-corrected chi connectivity index (χ2v) is 5.30. The van der Waals surface area contributed by atoms with Gasteiger partial charge in [0.25, 0.3) is 0 Å². The molecule has 2 aliphatic rings. The maximum Gasteiger partial charge on any atom is 0.303 e. The molecule has 3 nitrogen and oxygen atoms in total. The standard InChI is InChI=1S/C13H23NO2/c1-2-12-10(9-13(15)16)5-3-4-8-14(12)11-6-7-11/h10-12H,2-9H2,1H3,(H,15,16)/t10-,12-/m1/s1. The molecule has 0 amide bonds. The Morgan fingerprint density at radius 1 is 1.31 bits per heavy atom. The SMILES string of the molecule is CC[C@@H]1[C@@H](CC(=O)O)CCCCN1C1CC1. The minimum atomic E-state index is -0.624. The number of hydrogen-bond donors (Lipinski definition) is 1. The number of hydrogen-bond acceptors (Lipinski definition) is 2. The molecule has 1 N–H and O–H groups in total. The summed E-state index contributed by atoms with van der Waals surface area (Å²) in [5.74, 6) is -0.244. The van der Waals surface area contributed by atoms with E-state index in [4.69, 9.17) is 5.11 Å². The lowest BCUT2D eigenvalue weighted by Gasteiger charge is -2.34. The van der Waals surface area contributed by atoms with Gasteiger partial charge in [0.05, 0.1) is 0 Å². The summed E-state index contributed by atoms with van der Waals surface area (Å²) < 4.78 is 0. The first kappa shape index (κ1) is 11.9. The van der Waals surface area contributed by atoms with Gasteiger partial charge in [-0.25, -0.2) is 0 Å². The molecule has 2 atom stereocenters. The Morgan fingerprint density at radius 3 is 2.62 bits per heavy atom. The van der Waals surface area contributed by atoms with Gasteiger partial charge in [-0.15, -0.1) is 0 Å². The van der Waals surface area contributed by atoms with E-state index >= 15 is 0 Å². The topological polar surface area (TPSA) is 40.5 Å². The van der Waals surface area contributed by atoms with Crippen LogP contribution in [0.25, 0.3) is 0 Å². The highest BCUT2D eigenvalue weighted by Gasteiger charge is 2.38. The molecule has 1 saturated carbocycles. The van der Waals surface area contributed by atoms with E-state index in [9.17, 15) is 4.79 Å². The third kappa shape index (κ3) is 2.76. The summed E-state index contributed by atoms with van der Waals surface area (Å²) >= 11 is 0. The van der Waals surface area contributed by atoms with E-state index in [-0.39, 0.29) is 0 Å². The highest BCUT2D eigenvalue weighted by Crippen LogP contribution is 2.36. The second-order valence-electron chi connectivity index (χ2n) is 5.30. The highest BCUT2D eigenvalue weighted by atomic mass is 16.4. The number of carbonyl (C=O) groups is 1. The smallest absolute Gasteiger partial charge is 0.303 e. The molecule has 1 saturated heterocycles. The Kier molecular flexibility index (Phi) is 3.85. The lowest BCUT2D eigenvalue weighted by molar-refractivity contribution is -0.138. The van der Waals surface area contributed by atoms with Gasteiger partial charge in [0.2, 0.25) is 0 Å². The van der Waals surface area contributed by atoms with Gasteiger partial charge in [-0.05, 0) is 44.6 Å². The van der Waals surface area contributed by atoms with E-state index in [1.54, 1.807) is 0 Å². The Balaban J connectivity index is 2.04. The molecular weight excluding hydrogens is 202 g/mol. The van der Waals surface area contributed by atoms with Crippen LogP contribution in [0.15, 0.2) is 0 Å². The summed E-state index contributed by atoms with van der Waals surface area (Å²) in [6.07, 6.45) is 7.69. The predicted molar refractivity (Wildman–Crippen MR) is 63.4 cm³/mol. The van der Waals surface area contributed by atoms with Gasteiger partial charge >= 0.3 is 5.97 Å². The second kappa shape index (κ2) is 5.17. The molecule has 1 aliphatic heterocycles. The van der Waals surface area contributed by atoms with Gasteiger partial charge in [0.15, 0.2) is 0 Å². The van der Waals surface area contributed by atoms with E-state index < -0.39 is 5.97 Å². The first-order valence-electron chi connectivity index (χ1n) is 6.70. The van der Waals surface area contributed by atoms with E-state index in [0.29, 0.717) is 18.4 Å². The van der Waals surface area contributed by atoms with Crippen molar-refractivity contribution in [2.24, 2.45) is 5.92 Å². The van der Waals surface area contributed by atoms with Crippen molar-refractivity contribution in [1.82, 2.24) is 4.90 Å². The van der Waals surface area contributed by atoms with Crippen LogP contribution >= 0.6 is 0 Å². The maximum atomic E-state index is 10.9. The Hall–Kier alpha value is -0.570. The molecule has 0 unspecified atom stereocenters. The lowest BCUT2D eigenvalue weighted by atomic mass is 9.89. The lowest BCUT2D eigenvalue weighted by Crippen LogP contribution is -2.41. The molecule has 0 aromatic rings. The zero-order valence-corrected chi connectivity index (χ0v) is 10.2. The summed E-state index contributed by atoms with van der Waals surface area (Å²) in [4.78, 5) is 13.5. The predicted octanol–water partition coefficient (Wildman–Crippen LogP) is 2.50. The Bertz CT molecular complexity index is 250. The first-order valence-corrected chi connectivity index (χ1v) is 6.70. The third-order valence-corrected chi connectivity index (χ3v) is 4.08. The molecule has 3 heteroatoms. The van der Waals surface area contributed by atoms with Crippen LogP contribution in [0.1, 0.15) is 51.9 Å². The van der Waals surface area contributed by atoms with Crippen LogP contribution in [0.4, 0.5) is 0 Å². The average molecular weight is 225 g/mol. The summed E-state index contributed by atoms with van der Waals surface area (Å²) in [6.45, 7) is 3.40. The van der Waals surface area contributed by atoms with Gasteiger partial charge < -0.3 is 5.11 Å². The molecule has 2 rings (SSSR count). The maximum absolute atomic E-state index is 10.9. The Morgan fingerprint density at radius 2 is 2.06 bits per heavy atom. The van der Waals surface area contributed by atoms with E-state index in [0.717, 1.165) is 18.9 Å². The van der Waals surface area contributed by atoms with Gasteiger partial charge in [-0.3, -0.25) is 9.69 Å². The minimum absolute atomic E-state index is 0.363. The van der Waals surface area contributed by atoms with Crippen LogP contribution in [0.2, 0.25) is 0 Å². The van der Waals surface area contributed by atoms with Crippen LogP contribution in [0.3, 0.4) is 0 Å². The van der Waals surface area contributed by atoms with E-state index in [2.05, 4.69) is 11.8 Å². The van der Waals surface area contributed by atoms with Gasteiger partial charge in [0, 0.05) is 18.5 Å². The number of rotatable bonds is 4. The van der Waals surface area contributed by atoms with Crippen molar-refractivity contribution in [2.75, 3.05) is 6.54 Å². The van der Waals surface area contributed by atoms with Crippen molar-refractivity contribution in [2.45, 2.75) is 64.0 Å². The fourth-order valence-electron chi connectivity index (χ4n) is 3.22. The van der Waals surface area contributed by atoms with E-state index in [1.807, 2.05) is 0 Å². The van der Waals surface area contributed by atoms with Crippen molar-refractivity contribution in [1.29, 1.82) is 0 Å². The zero-order valence-electron chi connectivity index (χ0n) is 10.2. The largest absolute Gasteiger partial charge is 0.481 e. The van der Waals surface area contributed by atoms with Crippen LogP contribution in [0.5, 0.6) is 0 Å². The van der Waals surface area contributed by atoms with Crippen molar-refractivity contribution >= 4 is 5.97 Å². The van der Waals surface area contributed by atoms with Crippen LogP contribution in [-0.4, -0.2) is 34.6 Å². The summed E-state index contributed by atoms with van der Waals surface area (Å²) in [7, 11) is 0. The van der Waals surface area contributed by atoms with Crippen LogP contribution in [-0.2, 0) is 4.79 Å². The molecule has 0 bridgehead atoms. The van der Waals surface area contributed by atoms with Crippen molar-refractivity contribution < 1.29 is 9.90 Å². The monoisotopic (exact) mass is 225 g/mol. The van der Waals surface area contributed by atoms with Gasteiger partial charge in [-0.1, -0.05) is 13.3 Å². The fraction of sp³-hybridized carbons (Fsp3) is 0.923. The zero-order chi connectivity index (χ0) is 11.5. The molecule has 2 fully saturated rings. The molecule has 1 heterocycles. The molecule has 0 radical (unpaired) electrons. The minimum Gasteiger partial charge on any atom is -0.481 e. The summed E-state index contributed by atoms with van der Waals surface area (Å²) in [6, 6.07) is 1.30. The fourth-order valence-corrected chi connectivity index (χ4v) is 3.22. The quantitative estimate of drug-likeness (QED) is 0.799. The van der Waals surface area contributed by atoms with Crippen molar-refractivity contribution in [3.63, 3.8) is 0 Å². The normalized spacial score (nSPS) is 32.3. The molecule has 92 valence electrons. The third-order valence-electron chi connectivity index (χ3n) is 4.08. The average Bonchev–Trinajstić information content (AvgIpc) is 3.01. The number of likely N-dealkylation sites (tertiary alicyclic amines) is 1. The van der Waals surface area contributed by atoms with Gasteiger partial charge in [-0.2, -0.15) is 0 Å². The molecule has 1 aliphatic carbocycles. The Labute approximate surface area is 97.8 Å². The van der Waals surface area contributed by atoms with Crippen LogP contribution < -0.4 is 0 Å². The number of carboxylic acid groups (broad SMARTS) is 1. The summed E-state index contributed by atoms with van der Waals surface area (Å²) in [5.41, 5.74) is 0. The molecule has 0 aromatic heterocycles. The first-order chi connectivity index (χ1) is 7.72. The number of carboxylic acids is 1. The molecular formula is C13H23NO2. The summed E-state index contributed by atoms with van der Waals surface area (Å²) in [5, 5.41) is 8.99. The van der Waals surface area contributed by atoms with Crippen molar-refractivity contribution in [3.05, 3.63) is 0 Å². The highest BCUT2D eigenvalue weighted by molar-refractivity contribution is 5.67. The van der Waals surface area contributed by atoms with Crippen LogP contribution in [0, 0.1) is 5.92 Å². The van der Waals surface area contributed by atoms with Gasteiger partial charge in [0.1, 0.15) is 0 Å². The molecule has 0 aromatic carbocycles. The number of aliphatic carboxylic acids is 1.